The SMILES string of the molecule is COc1ccc(N2C(=O)/C(=C/c3ccc(O)c(OC)c3)N(C)C2=S)cc1. The molecule has 6 nitrogen and oxygen atoms in total. The molecule has 1 amide bonds. The van der Waals surface area contributed by atoms with Crippen molar-refractivity contribution in [2.24, 2.45) is 0 Å². The van der Waals surface area contributed by atoms with E-state index in [1.54, 1.807) is 61.5 Å². The summed E-state index contributed by atoms with van der Waals surface area (Å²) in [7, 11) is 4.80. The molecule has 1 aliphatic heterocycles. The first-order chi connectivity index (χ1) is 12.5. The fraction of sp³-hybridized carbons (Fsp3) is 0.158. The van der Waals surface area contributed by atoms with Crippen molar-refractivity contribution < 1.29 is 19.4 Å². The van der Waals surface area contributed by atoms with Crippen LogP contribution in [-0.2, 0) is 4.79 Å². The Morgan fingerprint density at radius 2 is 1.77 bits per heavy atom. The minimum absolute atomic E-state index is 0.0381. The van der Waals surface area contributed by atoms with Gasteiger partial charge in [-0.1, -0.05) is 6.07 Å². The van der Waals surface area contributed by atoms with E-state index in [1.807, 2.05) is 0 Å². The molecular formula is C19H18N2O4S. The molecule has 1 fully saturated rings. The first-order valence-corrected chi connectivity index (χ1v) is 8.22. The predicted molar refractivity (Wildman–Crippen MR) is 103 cm³/mol. The highest BCUT2D eigenvalue weighted by atomic mass is 32.1. The molecule has 2 aromatic carbocycles. The Bertz CT molecular complexity index is 893. The molecule has 1 saturated heterocycles. The molecule has 0 unspecified atom stereocenters. The summed E-state index contributed by atoms with van der Waals surface area (Å²) < 4.78 is 10.3. The zero-order chi connectivity index (χ0) is 18.8. The van der Waals surface area contributed by atoms with Gasteiger partial charge in [-0.15, -0.1) is 0 Å². The molecule has 0 aromatic heterocycles. The summed E-state index contributed by atoms with van der Waals surface area (Å²) in [6, 6.07) is 12.0. The van der Waals surface area contributed by atoms with Crippen LogP contribution in [0.15, 0.2) is 48.2 Å². The topological polar surface area (TPSA) is 62.2 Å². The number of anilines is 1. The Morgan fingerprint density at radius 3 is 2.38 bits per heavy atom. The number of hydrogen-bond acceptors (Lipinski definition) is 5. The molecule has 0 spiro atoms. The second-order valence-corrected chi connectivity index (χ2v) is 6.01. The third-order valence-electron chi connectivity index (χ3n) is 4.10. The Kier molecular flexibility index (Phi) is 4.81. The van der Waals surface area contributed by atoms with Gasteiger partial charge in [0.1, 0.15) is 11.4 Å². The van der Waals surface area contributed by atoms with Crippen molar-refractivity contribution in [2.75, 3.05) is 26.2 Å². The lowest BCUT2D eigenvalue weighted by atomic mass is 10.1. The van der Waals surface area contributed by atoms with Crippen molar-refractivity contribution in [1.29, 1.82) is 0 Å². The minimum Gasteiger partial charge on any atom is -0.504 e. The summed E-state index contributed by atoms with van der Waals surface area (Å²) in [4.78, 5) is 16.0. The molecule has 134 valence electrons. The van der Waals surface area contributed by atoms with E-state index in [9.17, 15) is 9.90 Å². The van der Waals surface area contributed by atoms with Gasteiger partial charge in [-0.05, 0) is 60.3 Å². The smallest absolute Gasteiger partial charge is 0.281 e. The Hall–Kier alpha value is -3.06. The Morgan fingerprint density at radius 1 is 1.08 bits per heavy atom. The average Bonchev–Trinajstić information content (AvgIpc) is 2.86. The van der Waals surface area contributed by atoms with E-state index >= 15 is 0 Å². The van der Waals surface area contributed by atoms with Gasteiger partial charge in [0, 0.05) is 7.05 Å². The highest BCUT2D eigenvalue weighted by Gasteiger charge is 2.36. The third kappa shape index (κ3) is 3.09. The number of carbonyl (C=O) groups is 1. The van der Waals surface area contributed by atoms with Crippen LogP contribution < -0.4 is 14.4 Å². The van der Waals surface area contributed by atoms with Gasteiger partial charge >= 0.3 is 0 Å². The predicted octanol–water partition coefficient (Wildman–Crippen LogP) is 3.01. The molecule has 0 aliphatic carbocycles. The quantitative estimate of drug-likeness (QED) is 0.659. The van der Waals surface area contributed by atoms with Crippen LogP contribution in [0.3, 0.4) is 0 Å². The van der Waals surface area contributed by atoms with Gasteiger partial charge in [-0.3, -0.25) is 9.69 Å². The van der Waals surface area contributed by atoms with Gasteiger partial charge in [-0.25, -0.2) is 0 Å². The van der Waals surface area contributed by atoms with E-state index < -0.39 is 0 Å². The lowest BCUT2D eigenvalue weighted by Crippen LogP contribution is -2.31. The maximum atomic E-state index is 12.9. The van der Waals surface area contributed by atoms with E-state index in [-0.39, 0.29) is 11.7 Å². The van der Waals surface area contributed by atoms with Crippen LogP contribution in [0.5, 0.6) is 17.2 Å². The molecule has 1 aliphatic rings. The molecule has 0 radical (unpaired) electrons. The van der Waals surface area contributed by atoms with Gasteiger partial charge in [0.05, 0.1) is 19.9 Å². The number of carbonyl (C=O) groups excluding carboxylic acids is 1. The van der Waals surface area contributed by atoms with Gasteiger partial charge in [0.25, 0.3) is 5.91 Å². The summed E-state index contributed by atoms with van der Waals surface area (Å²) in [6.45, 7) is 0. The molecule has 0 saturated carbocycles. The van der Waals surface area contributed by atoms with Crippen LogP contribution in [0.2, 0.25) is 0 Å². The van der Waals surface area contributed by atoms with Crippen LogP contribution in [0.1, 0.15) is 5.56 Å². The number of phenols is 1. The van der Waals surface area contributed by atoms with Crippen molar-refractivity contribution in [2.45, 2.75) is 0 Å². The number of phenolic OH excluding ortho intramolecular Hbond substituents is 1. The van der Waals surface area contributed by atoms with Gasteiger partial charge in [-0.2, -0.15) is 0 Å². The Balaban J connectivity index is 1.96. The molecule has 1 heterocycles. The molecule has 0 atom stereocenters. The number of methoxy groups -OCH3 is 2. The summed E-state index contributed by atoms with van der Waals surface area (Å²) >= 11 is 5.44. The summed E-state index contributed by atoms with van der Waals surface area (Å²) in [6.07, 6.45) is 1.71. The molecule has 26 heavy (non-hydrogen) atoms. The van der Waals surface area contributed by atoms with Crippen molar-refractivity contribution in [3.63, 3.8) is 0 Å². The van der Waals surface area contributed by atoms with E-state index in [1.165, 1.54) is 18.1 Å². The molecular weight excluding hydrogens is 352 g/mol. The average molecular weight is 370 g/mol. The largest absolute Gasteiger partial charge is 0.504 e. The highest BCUT2D eigenvalue weighted by molar-refractivity contribution is 7.80. The molecule has 3 rings (SSSR count). The number of rotatable bonds is 4. The third-order valence-corrected chi connectivity index (χ3v) is 4.56. The van der Waals surface area contributed by atoms with Crippen LogP contribution in [-0.4, -0.2) is 42.3 Å². The zero-order valence-electron chi connectivity index (χ0n) is 14.6. The summed E-state index contributed by atoms with van der Waals surface area (Å²) in [5.74, 6) is 0.847. The highest BCUT2D eigenvalue weighted by Crippen LogP contribution is 2.31. The number of amides is 1. The van der Waals surface area contributed by atoms with Crippen molar-refractivity contribution in [3.8, 4) is 17.2 Å². The number of thiocarbonyl (C=S) groups is 1. The van der Waals surface area contributed by atoms with Gasteiger partial charge < -0.3 is 19.5 Å². The van der Waals surface area contributed by atoms with E-state index in [0.29, 0.717) is 33.6 Å². The number of nitrogens with zero attached hydrogens (tertiary/aromatic N) is 2. The number of likely N-dealkylation sites (N-methyl/N-ethyl adjacent to an activating group) is 1. The maximum absolute atomic E-state index is 12.9. The number of hydrogen-bond donors (Lipinski definition) is 1. The van der Waals surface area contributed by atoms with E-state index in [0.717, 1.165) is 0 Å². The molecule has 2 aromatic rings. The number of aromatic hydroxyl groups is 1. The maximum Gasteiger partial charge on any atom is 0.281 e. The Labute approximate surface area is 156 Å². The van der Waals surface area contributed by atoms with Crippen LogP contribution in [0.25, 0.3) is 6.08 Å². The number of benzene rings is 2. The second kappa shape index (κ2) is 7.05. The van der Waals surface area contributed by atoms with Crippen molar-refractivity contribution in [3.05, 3.63) is 53.7 Å². The number of ether oxygens (including phenoxy) is 2. The second-order valence-electron chi connectivity index (χ2n) is 5.64. The molecule has 0 bridgehead atoms. The van der Waals surface area contributed by atoms with Gasteiger partial charge in [0.2, 0.25) is 0 Å². The minimum atomic E-state index is -0.227. The van der Waals surface area contributed by atoms with E-state index in [4.69, 9.17) is 21.7 Å². The standard InChI is InChI=1S/C19H18N2O4S/c1-20-15(10-12-4-9-16(22)17(11-12)25-3)18(23)21(19(20)26)13-5-7-14(24-2)8-6-13/h4-11,22H,1-3H3/b15-10-. The monoisotopic (exact) mass is 370 g/mol. The first-order valence-electron chi connectivity index (χ1n) is 7.81. The lowest BCUT2D eigenvalue weighted by Gasteiger charge is -2.16. The lowest BCUT2D eigenvalue weighted by molar-refractivity contribution is -0.114. The fourth-order valence-corrected chi connectivity index (χ4v) is 2.94. The van der Waals surface area contributed by atoms with E-state index in [2.05, 4.69) is 0 Å². The van der Waals surface area contributed by atoms with Gasteiger partial charge in [0.15, 0.2) is 16.6 Å². The first kappa shape index (κ1) is 17.8. The fourth-order valence-electron chi connectivity index (χ4n) is 2.66. The van der Waals surface area contributed by atoms with Crippen LogP contribution in [0.4, 0.5) is 5.69 Å². The zero-order valence-corrected chi connectivity index (χ0v) is 15.4. The summed E-state index contributed by atoms with van der Waals surface area (Å²) in [5, 5.41) is 10.1. The molecule has 1 N–H and O–H groups in total. The van der Waals surface area contributed by atoms with Crippen LogP contribution >= 0.6 is 12.2 Å². The molecule has 7 heteroatoms. The van der Waals surface area contributed by atoms with Crippen LogP contribution in [0, 0.1) is 0 Å². The summed E-state index contributed by atoms with van der Waals surface area (Å²) in [5.41, 5.74) is 1.81. The van der Waals surface area contributed by atoms with Crippen molar-refractivity contribution in [1.82, 2.24) is 4.90 Å². The normalized spacial score (nSPS) is 15.7. The van der Waals surface area contributed by atoms with Crippen molar-refractivity contribution >= 4 is 35.0 Å².